The molecule has 112 valence electrons. The SMILES string of the molecule is CC(C(=O)O)C(C)n1nnnc1-c1cccc(N(C)C)c1. The molecule has 2 unspecified atom stereocenters. The van der Waals surface area contributed by atoms with E-state index in [0.29, 0.717) is 5.82 Å². The molecule has 7 heteroatoms. The van der Waals surface area contributed by atoms with Gasteiger partial charge in [0.05, 0.1) is 12.0 Å². The van der Waals surface area contributed by atoms with Gasteiger partial charge in [-0.05, 0) is 36.4 Å². The van der Waals surface area contributed by atoms with Gasteiger partial charge in [0.25, 0.3) is 0 Å². The van der Waals surface area contributed by atoms with Crippen LogP contribution in [0, 0.1) is 5.92 Å². The van der Waals surface area contributed by atoms with Crippen LogP contribution in [0.1, 0.15) is 19.9 Å². The van der Waals surface area contributed by atoms with Gasteiger partial charge in [-0.1, -0.05) is 12.1 Å². The van der Waals surface area contributed by atoms with Crippen LogP contribution >= 0.6 is 0 Å². The zero-order chi connectivity index (χ0) is 15.6. The molecule has 0 saturated heterocycles. The molecular formula is C14H19N5O2. The fourth-order valence-corrected chi connectivity index (χ4v) is 2.00. The fourth-order valence-electron chi connectivity index (χ4n) is 2.00. The topological polar surface area (TPSA) is 84.1 Å². The Morgan fingerprint density at radius 2 is 2.05 bits per heavy atom. The highest BCUT2D eigenvalue weighted by atomic mass is 16.4. The van der Waals surface area contributed by atoms with Crippen LogP contribution in [0.2, 0.25) is 0 Å². The van der Waals surface area contributed by atoms with Crippen LogP contribution in [0.25, 0.3) is 11.4 Å². The largest absolute Gasteiger partial charge is 0.481 e. The second-order valence-electron chi connectivity index (χ2n) is 5.26. The smallest absolute Gasteiger partial charge is 0.308 e. The summed E-state index contributed by atoms with van der Waals surface area (Å²) in [6.45, 7) is 3.45. The summed E-state index contributed by atoms with van der Waals surface area (Å²) in [6, 6.07) is 7.46. The molecule has 0 bridgehead atoms. The number of tetrazole rings is 1. The van der Waals surface area contributed by atoms with Crippen molar-refractivity contribution in [2.75, 3.05) is 19.0 Å². The van der Waals surface area contributed by atoms with E-state index in [9.17, 15) is 4.79 Å². The molecule has 0 radical (unpaired) electrons. The Balaban J connectivity index is 2.41. The van der Waals surface area contributed by atoms with Gasteiger partial charge in [-0.25, -0.2) is 4.68 Å². The number of hydrogen-bond donors (Lipinski definition) is 1. The summed E-state index contributed by atoms with van der Waals surface area (Å²) in [4.78, 5) is 13.1. The molecule has 21 heavy (non-hydrogen) atoms. The van der Waals surface area contributed by atoms with Crippen molar-refractivity contribution in [2.45, 2.75) is 19.9 Å². The van der Waals surface area contributed by atoms with Crippen LogP contribution in [0.3, 0.4) is 0 Å². The minimum absolute atomic E-state index is 0.337. The second kappa shape index (κ2) is 5.90. The Bertz CT molecular complexity index is 638. The third-order valence-corrected chi connectivity index (χ3v) is 3.61. The zero-order valence-corrected chi connectivity index (χ0v) is 12.6. The molecule has 0 amide bonds. The summed E-state index contributed by atoms with van der Waals surface area (Å²) in [5.74, 6) is -0.880. The molecule has 1 aromatic carbocycles. The standard InChI is InChI=1S/C14H19N5O2/c1-9(14(20)21)10(2)19-13(15-16-17-19)11-6-5-7-12(8-11)18(3)4/h5-10H,1-4H3,(H,20,21). The number of nitrogens with zero attached hydrogens (tertiary/aromatic N) is 5. The first-order valence-corrected chi connectivity index (χ1v) is 6.70. The van der Waals surface area contributed by atoms with E-state index in [1.54, 1.807) is 18.5 Å². The molecule has 0 spiro atoms. The molecule has 0 aliphatic carbocycles. The number of aliphatic carboxylic acids is 1. The molecule has 2 atom stereocenters. The highest BCUT2D eigenvalue weighted by Crippen LogP contribution is 2.26. The molecule has 0 fully saturated rings. The first-order chi connectivity index (χ1) is 9.91. The molecule has 1 heterocycles. The number of hydrogen-bond acceptors (Lipinski definition) is 5. The minimum Gasteiger partial charge on any atom is -0.481 e. The van der Waals surface area contributed by atoms with Crippen molar-refractivity contribution >= 4 is 11.7 Å². The number of benzene rings is 1. The van der Waals surface area contributed by atoms with Crippen molar-refractivity contribution in [1.29, 1.82) is 0 Å². The maximum atomic E-state index is 11.1. The summed E-state index contributed by atoms with van der Waals surface area (Å²) in [6.07, 6.45) is 0. The lowest BCUT2D eigenvalue weighted by Crippen LogP contribution is -2.23. The van der Waals surface area contributed by atoms with Crippen LogP contribution in [-0.2, 0) is 4.79 Å². The van der Waals surface area contributed by atoms with Crippen LogP contribution in [0.4, 0.5) is 5.69 Å². The maximum absolute atomic E-state index is 11.1. The third kappa shape index (κ3) is 3.01. The van der Waals surface area contributed by atoms with Crippen LogP contribution in [-0.4, -0.2) is 45.4 Å². The summed E-state index contributed by atoms with van der Waals surface area (Å²) in [5, 5.41) is 20.8. The zero-order valence-electron chi connectivity index (χ0n) is 12.6. The predicted octanol–water partition coefficient (Wildman–Crippen LogP) is 1.69. The quantitative estimate of drug-likeness (QED) is 0.901. The van der Waals surface area contributed by atoms with Crippen LogP contribution in [0.5, 0.6) is 0 Å². The van der Waals surface area contributed by atoms with Gasteiger partial charge in [0.15, 0.2) is 5.82 Å². The summed E-state index contributed by atoms with van der Waals surface area (Å²) in [5.41, 5.74) is 1.89. The van der Waals surface area contributed by atoms with Crippen molar-refractivity contribution in [3.8, 4) is 11.4 Å². The number of rotatable bonds is 5. The Kier molecular flexibility index (Phi) is 4.21. The van der Waals surface area contributed by atoms with E-state index in [-0.39, 0.29) is 6.04 Å². The number of carbonyl (C=O) groups is 1. The molecule has 7 nitrogen and oxygen atoms in total. The lowest BCUT2D eigenvalue weighted by molar-refractivity contribution is -0.142. The highest BCUT2D eigenvalue weighted by Gasteiger charge is 2.25. The Morgan fingerprint density at radius 1 is 1.33 bits per heavy atom. The van der Waals surface area contributed by atoms with E-state index in [2.05, 4.69) is 15.5 Å². The lowest BCUT2D eigenvalue weighted by Gasteiger charge is -2.18. The van der Waals surface area contributed by atoms with Gasteiger partial charge < -0.3 is 10.0 Å². The number of carboxylic acid groups (broad SMARTS) is 1. The Morgan fingerprint density at radius 3 is 2.67 bits per heavy atom. The van der Waals surface area contributed by atoms with Crippen molar-refractivity contribution in [1.82, 2.24) is 20.2 Å². The van der Waals surface area contributed by atoms with E-state index in [1.807, 2.05) is 43.3 Å². The normalized spacial score (nSPS) is 13.7. The molecule has 2 aromatic rings. The van der Waals surface area contributed by atoms with Crippen molar-refractivity contribution in [3.63, 3.8) is 0 Å². The van der Waals surface area contributed by atoms with Crippen molar-refractivity contribution in [3.05, 3.63) is 24.3 Å². The van der Waals surface area contributed by atoms with Gasteiger partial charge in [0, 0.05) is 25.3 Å². The Hall–Kier alpha value is -2.44. The number of anilines is 1. The van der Waals surface area contributed by atoms with E-state index in [1.165, 1.54) is 0 Å². The molecular weight excluding hydrogens is 270 g/mol. The summed E-state index contributed by atoms with van der Waals surface area (Å²) < 4.78 is 1.56. The lowest BCUT2D eigenvalue weighted by atomic mass is 10.0. The molecule has 0 aliphatic rings. The van der Waals surface area contributed by atoms with Crippen LogP contribution in [0.15, 0.2) is 24.3 Å². The van der Waals surface area contributed by atoms with Gasteiger partial charge in [-0.15, -0.1) is 5.10 Å². The molecule has 1 aromatic heterocycles. The average molecular weight is 289 g/mol. The second-order valence-corrected chi connectivity index (χ2v) is 5.26. The van der Waals surface area contributed by atoms with Gasteiger partial charge in [0.1, 0.15) is 0 Å². The highest BCUT2D eigenvalue weighted by molar-refractivity contribution is 5.70. The minimum atomic E-state index is -0.869. The van der Waals surface area contributed by atoms with E-state index >= 15 is 0 Å². The molecule has 0 saturated carbocycles. The molecule has 1 N–H and O–H groups in total. The van der Waals surface area contributed by atoms with Gasteiger partial charge in [0.2, 0.25) is 0 Å². The van der Waals surface area contributed by atoms with Crippen molar-refractivity contribution < 1.29 is 9.90 Å². The first-order valence-electron chi connectivity index (χ1n) is 6.70. The Labute approximate surface area is 123 Å². The molecule has 2 rings (SSSR count). The third-order valence-electron chi connectivity index (χ3n) is 3.61. The maximum Gasteiger partial charge on any atom is 0.308 e. The number of aromatic nitrogens is 4. The van der Waals surface area contributed by atoms with Gasteiger partial charge >= 0.3 is 5.97 Å². The van der Waals surface area contributed by atoms with Crippen LogP contribution < -0.4 is 4.90 Å². The van der Waals surface area contributed by atoms with E-state index < -0.39 is 11.9 Å². The predicted molar refractivity (Wildman–Crippen MR) is 79.1 cm³/mol. The number of carboxylic acids is 1. The monoisotopic (exact) mass is 289 g/mol. The molecule has 0 aliphatic heterocycles. The van der Waals surface area contributed by atoms with E-state index in [4.69, 9.17) is 5.11 Å². The van der Waals surface area contributed by atoms with Gasteiger partial charge in [-0.2, -0.15) is 0 Å². The summed E-state index contributed by atoms with van der Waals surface area (Å²) in [7, 11) is 3.91. The first kappa shape index (κ1) is 15.0. The summed E-state index contributed by atoms with van der Waals surface area (Å²) >= 11 is 0. The average Bonchev–Trinajstić information content (AvgIpc) is 2.95. The van der Waals surface area contributed by atoms with E-state index in [0.717, 1.165) is 11.3 Å². The van der Waals surface area contributed by atoms with Gasteiger partial charge in [-0.3, -0.25) is 4.79 Å². The fraction of sp³-hybridized carbons (Fsp3) is 0.429. The van der Waals surface area contributed by atoms with Crippen molar-refractivity contribution in [2.24, 2.45) is 5.92 Å².